The average Bonchev–Trinajstić information content (AvgIpc) is 2.82. The average molecular weight is 237 g/mol. The van der Waals surface area contributed by atoms with E-state index in [4.69, 9.17) is 5.73 Å². The normalized spacial score (nSPS) is 11.0. The highest BCUT2D eigenvalue weighted by atomic mass is 15.0. The zero-order valence-electron chi connectivity index (χ0n) is 10.3. The standard InChI is InChI=1S/C15H15N3/c1-11-6-7-12(9-16)15(8-11)18-10-17-13-4-2-3-5-14(13)18/h2-8,10H,9,16H2,1H3. The minimum absolute atomic E-state index is 0.530. The molecule has 0 atom stereocenters. The Bertz CT molecular complexity index is 698. The number of nitrogens with two attached hydrogens (primary N) is 1. The lowest BCUT2D eigenvalue weighted by atomic mass is 10.1. The Kier molecular flexibility index (Phi) is 2.61. The molecule has 90 valence electrons. The molecule has 0 spiro atoms. The van der Waals surface area contributed by atoms with Gasteiger partial charge in [-0.15, -0.1) is 0 Å². The van der Waals surface area contributed by atoms with E-state index in [1.54, 1.807) is 0 Å². The van der Waals surface area contributed by atoms with Gasteiger partial charge in [-0.2, -0.15) is 0 Å². The van der Waals surface area contributed by atoms with Crippen LogP contribution in [0.15, 0.2) is 48.8 Å². The highest BCUT2D eigenvalue weighted by Crippen LogP contribution is 2.21. The topological polar surface area (TPSA) is 43.8 Å². The van der Waals surface area contributed by atoms with Gasteiger partial charge in [-0.1, -0.05) is 24.3 Å². The molecule has 0 aliphatic rings. The van der Waals surface area contributed by atoms with Gasteiger partial charge in [0.2, 0.25) is 0 Å². The maximum atomic E-state index is 5.82. The number of para-hydroxylation sites is 2. The molecule has 2 N–H and O–H groups in total. The monoisotopic (exact) mass is 237 g/mol. The van der Waals surface area contributed by atoms with Gasteiger partial charge in [0.1, 0.15) is 6.33 Å². The largest absolute Gasteiger partial charge is 0.326 e. The first kappa shape index (κ1) is 11.0. The summed E-state index contributed by atoms with van der Waals surface area (Å²) in [4.78, 5) is 4.42. The first-order valence-electron chi connectivity index (χ1n) is 6.01. The van der Waals surface area contributed by atoms with E-state index in [1.807, 2.05) is 24.5 Å². The molecular formula is C15H15N3. The Balaban J connectivity index is 2.29. The van der Waals surface area contributed by atoms with E-state index in [0.717, 1.165) is 22.3 Å². The molecule has 0 amide bonds. The van der Waals surface area contributed by atoms with E-state index in [9.17, 15) is 0 Å². The second-order valence-electron chi connectivity index (χ2n) is 4.44. The van der Waals surface area contributed by atoms with Crippen molar-refractivity contribution in [2.45, 2.75) is 13.5 Å². The summed E-state index contributed by atoms with van der Waals surface area (Å²) in [5.41, 5.74) is 11.4. The number of imidazole rings is 1. The summed E-state index contributed by atoms with van der Waals surface area (Å²) >= 11 is 0. The molecular weight excluding hydrogens is 222 g/mol. The third-order valence-electron chi connectivity index (χ3n) is 3.17. The van der Waals surface area contributed by atoms with Gasteiger partial charge in [-0.3, -0.25) is 4.57 Å². The fourth-order valence-electron chi connectivity index (χ4n) is 2.22. The highest BCUT2D eigenvalue weighted by Gasteiger charge is 2.07. The van der Waals surface area contributed by atoms with Crippen LogP contribution < -0.4 is 5.73 Å². The summed E-state index contributed by atoms with van der Waals surface area (Å²) in [6.45, 7) is 2.62. The van der Waals surface area contributed by atoms with Crippen molar-refractivity contribution >= 4 is 11.0 Å². The van der Waals surface area contributed by atoms with Crippen molar-refractivity contribution in [1.29, 1.82) is 0 Å². The van der Waals surface area contributed by atoms with E-state index >= 15 is 0 Å². The molecule has 0 aliphatic heterocycles. The molecule has 0 aliphatic carbocycles. The van der Waals surface area contributed by atoms with E-state index in [2.05, 4.69) is 40.7 Å². The van der Waals surface area contributed by atoms with Crippen molar-refractivity contribution in [3.8, 4) is 5.69 Å². The number of aromatic nitrogens is 2. The summed E-state index contributed by atoms with van der Waals surface area (Å²) in [6, 6.07) is 14.4. The molecule has 0 bridgehead atoms. The van der Waals surface area contributed by atoms with Crippen molar-refractivity contribution in [3.63, 3.8) is 0 Å². The summed E-state index contributed by atoms with van der Waals surface area (Å²) in [6.07, 6.45) is 1.86. The van der Waals surface area contributed by atoms with Crippen LogP contribution in [0, 0.1) is 6.92 Å². The Labute approximate surface area is 106 Å². The number of benzene rings is 2. The number of hydrogen-bond donors (Lipinski definition) is 1. The smallest absolute Gasteiger partial charge is 0.100 e. The first-order chi connectivity index (χ1) is 8.79. The van der Waals surface area contributed by atoms with E-state index in [0.29, 0.717) is 6.54 Å². The SMILES string of the molecule is Cc1ccc(CN)c(-n2cnc3ccccc32)c1. The van der Waals surface area contributed by atoms with Gasteiger partial charge in [-0.05, 0) is 36.2 Å². The van der Waals surface area contributed by atoms with E-state index < -0.39 is 0 Å². The molecule has 0 radical (unpaired) electrons. The molecule has 0 fully saturated rings. The van der Waals surface area contributed by atoms with Crippen LogP contribution in [0.2, 0.25) is 0 Å². The van der Waals surface area contributed by atoms with Gasteiger partial charge in [0.05, 0.1) is 16.7 Å². The Morgan fingerprint density at radius 1 is 1.17 bits per heavy atom. The maximum absolute atomic E-state index is 5.82. The predicted octanol–water partition coefficient (Wildman–Crippen LogP) is 2.79. The number of nitrogens with zero attached hydrogens (tertiary/aromatic N) is 2. The van der Waals surface area contributed by atoms with Crippen molar-refractivity contribution in [2.24, 2.45) is 5.73 Å². The zero-order valence-corrected chi connectivity index (χ0v) is 10.3. The Morgan fingerprint density at radius 2 is 2.00 bits per heavy atom. The molecule has 3 nitrogen and oxygen atoms in total. The van der Waals surface area contributed by atoms with E-state index in [1.165, 1.54) is 5.56 Å². The van der Waals surface area contributed by atoms with Crippen LogP contribution in [0.4, 0.5) is 0 Å². The van der Waals surface area contributed by atoms with E-state index in [-0.39, 0.29) is 0 Å². The number of hydrogen-bond acceptors (Lipinski definition) is 2. The Morgan fingerprint density at radius 3 is 2.83 bits per heavy atom. The van der Waals surface area contributed by atoms with Crippen LogP contribution in [-0.2, 0) is 6.54 Å². The quantitative estimate of drug-likeness (QED) is 0.744. The Hall–Kier alpha value is -2.13. The van der Waals surface area contributed by atoms with Crippen LogP contribution in [0.1, 0.15) is 11.1 Å². The van der Waals surface area contributed by atoms with Crippen molar-refractivity contribution < 1.29 is 0 Å². The fraction of sp³-hybridized carbons (Fsp3) is 0.133. The van der Waals surface area contributed by atoms with Crippen LogP contribution in [0.5, 0.6) is 0 Å². The van der Waals surface area contributed by atoms with Crippen molar-refractivity contribution in [3.05, 3.63) is 59.9 Å². The van der Waals surface area contributed by atoms with Crippen LogP contribution in [0.25, 0.3) is 16.7 Å². The molecule has 3 aromatic rings. The van der Waals surface area contributed by atoms with Crippen LogP contribution in [0.3, 0.4) is 0 Å². The molecule has 3 heteroatoms. The van der Waals surface area contributed by atoms with Gasteiger partial charge in [0, 0.05) is 6.54 Å². The first-order valence-corrected chi connectivity index (χ1v) is 6.01. The summed E-state index contributed by atoms with van der Waals surface area (Å²) in [5.74, 6) is 0. The summed E-state index contributed by atoms with van der Waals surface area (Å²) < 4.78 is 2.10. The fourth-order valence-corrected chi connectivity index (χ4v) is 2.22. The number of aryl methyl sites for hydroxylation is 1. The second-order valence-corrected chi connectivity index (χ2v) is 4.44. The van der Waals surface area contributed by atoms with Crippen LogP contribution in [-0.4, -0.2) is 9.55 Å². The van der Waals surface area contributed by atoms with Gasteiger partial charge >= 0.3 is 0 Å². The molecule has 0 saturated carbocycles. The van der Waals surface area contributed by atoms with Gasteiger partial charge in [0.25, 0.3) is 0 Å². The number of fused-ring (bicyclic) bond motifs is 1. The van der Waals surface area contributed by atoms with Crippen molar-refractivity contribution in [2.75, 3.05) is 0 Å². The van der Waals surface area contributed by atoms with Gasteiger partial charge in [-0.25, -0.2) is 4.98 Å². The molecule has 3 rings (SSSR count). The molecule has 1 aromatic heterocycles. The summed E-state index contributed by atoms with van der Waals surface area (Å²) in [5, 5.41) is 0. The lowest BCUT2D eigenvalue weighted by Gasteiger charge is -2.10. The molecule has 18 heavy (non-hydrogen) atoms. The predicted molar refractivity (Wildman–Crippen MR) is 73.7 cm³/mol. The van der Waals surface area contributed by atoms with Crippen LogP contribution >= 0.6 is 0 Å². The molecule has 1 heterocycles. The van der Waals surface area contributed by atoms with Gasteiger partial charge in [0.15, 0.2) is 0 Å². The molecule has 0 saturated heterocycles. The van der Waals surface area contributed by atoms with Crippen molar-refractivity contribution in [1.82, 2.24) is 9.55 Å². The maximum Gasteiger partial charge on any atom is 0.100 e. The lowest BCUT2D eigenvalue weighted by Crippen LogP contribution is -2.04. The third kappa shape index (κ3) is 1.69. The van der Waals surface area contributed by atoms with Gasteiger partial charge < -0.3 is 5.73 Å². The highest BCUT2D eigenvalue weighted by molar-refractivity contribution is 5.77. The summed E-state index contributed by atoms with van der Waals surface area (Å²) in [7, 11) is 0. The zero-order chi connectivity index (χ0) is 12.5. The number of rotatable bonds is 2. The third-order valence-corrected chi connectivity index (χ3v) is 3.17. The molecule has 2 aromatic carbocycles. The minimum Gasteiger partial charge on any atom is -0.326 e. The second kappa shape index (κ2) is 4.27. The lowest BCUT2D eigenvalue weighted by molar-refractivity contribution is 0.997. The molecule has 0 unspecified atom stereocenters. The minimum atomic E-state index is 0.530.